The van der Waals surface area contributed by atoms with Crippen molar-refractivity contribution in [2.45, 2.75) is 27.7 Å². The Hall–Kier alpha value is -7.60. The number of aliphatic imine (C=N–C) groups is 4. The van der Waals surface area contributed by atoms with E-state index in [1.807, 2.05) is 52.0 Å². The van der Waals surface area contributed by atoms with Crippen molar-refractivity contribution in [1.82, 2.24) is 0 Å². The van der Waals surface area contributed by atoms with E-state index in [0.29, 0.717) is 68.0 Å². The average Bonchev–Trinajstić information content (AvgIpc) is 3.24. The molecule has 0 heterocycles. The first kappa shape index (κ1) is 43.5. The molecule has 0 saturated carbocycles. The highest BCUT2D eigenvalue weighted by Gasteiger charge is 2.12. The van der Waals surface area contributed by atoms with Gasteiger partial charge in [-0.1, -0.05) is 24.3 Å². The van der Waals surface area contributed by atoms with E-state index in [1.54, 1.807) is 97.7 Å². The summed E-state index contributed by atoms with van der Waals surface area (Å²) in [7, 11) is 6.16. The third-order valence-electron chi connectivity index (χ3n) is 9.56. The van der Waals surface area contributed by atoms with Crippen LogP contribution in [0.15, 0.2) is 117 Å². The van der Waals surface area contributed by atoms with Crippen LogP contribution in [0.4, 0.5) is 22.7 Å². The Kier molecular flexibility index (Phi) is 14.7. The molecule has 6 rings (SSSR count). The molecule has 4 N–H and O–H groups in total. The first-order valence-corrected chi connectivity index (χ1v) is 18.7. The third kappa shape index (κ3) is 10.5. The quantitative estimate of drug-likeness (QED) is 0.0886. The first-order valence-electron chi connectivity index (χ1n) is 18.7. The largest absolute Gasteiger partial charge is 0.507 e. The summed E-state index contributed by atoms with van der Waals surface area (Å²) in [6.07, 6.45) is 6.21. The van der Waals surface area contributed by atoms with Crippen molar-refractivity contribution in [3.8, 4) is 46.0 Å². The van der Waals surface area contributed by atoms with Gasteiger partial charge in [-0.2, -0.15) is 0 Å². The van der Waals surface area contributed by atoms with Gasteiger partial charge < -0.3 is 39.4 Å². The Labute approximate surface area is 349 Å². The van der Waals surface area contributed by atoms with Crippen molar-refractivity contribution < 1.29 is 39.4 Å². The molecule has 0 bridgehead atoms. The van der Waals surface area contributed by atoms with E-state index in [1.165, 1.54) is 28.4 Å². The Morgan fingerprint density at radius 1 is 0.350 bits per heavy atom. The van der Waals surface area contributed by atoms with Gasteiger partial charge in [0.25, 0.3) is 0 Å². The zero-order chi connectivity index (χ0) is 43.3. The number of rotatable bonds is 12. The highest BCUT2D eigenvalue weighted by atomic mass is 16.5. The first-order chi connectivity index (χ1) is 28.9. The van der Waals surface area contributed by atoms with Gasteiger partial charge in [-0.25, -0.2) is 0 Å². The molecule has 6 aromatic carbocycles. The fraction of sp³-hybridized carbons (Fsp3) is 0.167. The molecule has 0 unspecified atom stereocenters. The van der Waals surface area contributed by atoms with Crippen molar-refractivity contribution in [2.75, 3.05) is 28.4 Å². The summed E-state index contributed by atoms with van der Waals surface area (Å²) in [5.41, 5.74) is 8.65. The minimum absolute atomic E-state index is 0.0749. The van der Waals surface area contributed by atoms with Gasteiger partial charge in [0, 0.05) is 24.9 Å². The second kappa shape index (κ2) is 20.2. The van der Waals surface area contributed by atoms with E-state index < -0.39 is 0 Å². The molecule has 12 heteroatoms. The minimum Gasteiger partial charge on any atom is -0.507 e. The van der Waals surface area contributed by atoms with Gasteiger partial charge in [0.2, 0.25) is 0 Å². The zero-order valence-electron chi connectivity index (χ0n) is 34.8. The molecule has 0 amide bonds. The van der Waals surface area contributed by atoms with E-state index in [-0.39, 0.29) is 23.0 Å². The molecule has 0 aromatic heterocycles. The lowest BCUT2D eigenvalue weighted by Gasteiger charge is -2.09. The topological polar surface area (TPSA) is 167 Å². The fourth-order valence-electron chi connectivity index (χ4n) is 5.88. The normalized spacial score (nSPS) is 11.3. The third-order valence-corrected chi connectivity index (χ3v) is 9.56. The summed E-state index contributed by atoms with van der Waals surface area (Å²) >= 11 is 0. The lowest BCUT2D eigenvalue weighted by Crippen LogP contribution is -1.92. The number of aryl methyl sites for hydroxylation is 4. The van der Waals surface area contributed by atoms with Gasteiger partial charge in [0.05, 0.1) is 73.4 Å². The van der Waals surface area contributed by atoms with Crippen molar-refractivity contribution in [3.05, 3.63) is 142 Å². The number of hydrogen-bond acceptors (Lipinski definition) is 12. The van der Waals surface area contributed by atoms with Gasteiger partial charge in [-0.3, -0.25) is 20.0 Å². The average molecular weight is 809 g/mol. The highest BCUT2D eigenvalue weighted by Crippen LogP contribution is 2.36. The number of hydrogen-bond donors (Lipinski definition) is 4. The van der Waals surface area contributed by atoms with Gasteiger partial charge in [-0.05, 0) is 123 Å². The molecule has 60 heavy (non-hydrogen) atoms. The van der Waals surface area contributed by atoms with E-state index in [2.05, 4.69) is 20.0 Å². The maximum Gasteiger partial charge on any atom is 0.131 e. The van der Waals surface area contributed by atoms with Gasteiger partial charge in [-0.15, -0.1) is 0 Å². The summed E-state index contributed by atoms with van der Waals surface area (Å²) < 4.78 is 21.2. The number of nitrogens with zero attached hydrogens (tertiary/aromatic N) is 4. The molecule has 0 aliphatic carbocycles. The predicted octanol–water partition coefficient (Wildman–Crippen LogP) is 10.5. The summed E-state index contributed by atoms with van der Waals surface area (Å²) in [5, 5.41) is 40.7. The van der Waals surface area contributed by atoms with Crippen molar-refractivity contribution in [3.63, 3.8) is 0 Å². The second-order valence-corrected chi connectivity index (χ2v) is 13.5. The van der Waals surface area contributed by atoms with Gasteiger partial charge in [0.15, 0.2) is 0 Å². The van der Waals surface area contributed by atoms with E-state index in [4.69, 9.17) is 18.9 Å². The maximum atomic E-state index is 10.2. The SMILES string of the molecule is COc1cccc(O)c1C=Nc1cc(C)c(C)cc1N=Cc1c(O)cccc1OC.COc1cccc(O)c1C=Nc1cc(C)c(C)cc1N=Cc1c(O)cccc1OC. The minimum atomic E-state index is 0.0749. The van der Waals surface area contributed by atoms with Crippen LogP contribution in [0.2, 0.25) is 0 Å². The van der Waals surface area contributed by atoms with Crippen LogP contribution in [0.1, 0.15) is 44.5 Å². The van der Waals surface area contributed by atoms with Crippen LogP contribution in [0.25, 0.3) is 0 Å². The number of ether oxygens (including phenoxy) is 4. The Balaban J connectivity index is 0.000000228. The van der Waals surface area contributed by atoms with Crippen molar-refractivity contribution in [1.29, 1.82) is 0 Å². The van der Waals surface area contributed by atoms with Crippen LogP contribution in [-0.2, 0) is 0 Å². The smallest absolute Gasteiger partial charge is 0.131 e. The molecule has 0 fully saturated rings. The van der Waals surface area contributed by atoms with Crippen molar-refractivity contribution >= 4 is 47.6 Å². The standard InChI is InChI=1S/2C24H24N2O4/c2*1-15-11-19(25-13-17-21(27)7-5-9-23(17)29-3)20(12-16(15)2)26-14-18-22(28)8-6-10-24(18)30-4/h2*5-14,27-28H,1-4H3. The molecule has 308 valence electrons. The summed E-state index contributed by atoms with van der Waals surface area (Å²) in [4.78, 5) is 18.2. The van der Waals surface area contributed by atoms with Gasteiger partial charge >= 0.3 is 0 Å². The van der Waals surface area contributed by atoms with Crippen LogP contribution >= 0.6 is 0 Å². The van der Waals surface area contributed by atoms with Crippen LogP contribution in [0, 0.1) is 27.7 Å². The van der Waals surface area contributed by atoms with Gasteiger partial charge in [0.1, 0.15) is 46.0 Å². The molecule has 6 aromatic rings. The molecule has 0 atom stereocenters. The lowest BCUT2D eigenvalue weighted by atomic mass is 10.1. The van der Waals surface area contributed by atoms with E-state index >= 15 is 0 Å². The molecule has 0 saturated heterocycles. The number of aromatic hydroxyl groups is 4. The predicted molar refractivity (Wildman–Crippen MR) is 239 cm³/mol. The number of benzene rings is 6. The molecular weight excluding hydrogens is 761 g/mol. The highest BCUT2D eigenvalue weighted by molar-refractivity contribution is 5.94. The molecular formula is C48H48N4O8. The second-order valence-electron chi connectivity index (χ2n) is 13.5. The molecule has 0 spiro atoms. The molecule has 12 nitrogen and oxygen atoms in total. The van der Waals surface area contributed by atoms with Crippen LogP contribution in [0.5, 0.6) is 46.0 Å². The molecule has 0 aliphatic rings. The summed E-state index contributed by atoms with van der Waals surface area (Å²) in [5.74, 6) is 2.38. The fourth-order valence-corrected chi connectivity index (χ4v) is 5.88. The maximum absolute atomic E-state index is 10.2. The zero-order valence-corrected chi connectivity index (χ0v) is 34.8. The van der Waals surface area contributed by atoms with Crippen LogP contribution < -0.4 is 18.9 Å². The van der Waals surface area contributed by atoms with E-state index in [9.17, 15) is 20.4 Å². The molecule has 0 aliphatic heterocycles. The Morgan fingerprint density at radius 2 is 0.550 bits per heavy atom. The Morgan fingerprint density at radius 3 is 0.733 bits per heavy atom. The number of methoxy groups -OCH3 is 4. The van der Waals surface area contributed by atoms with Crippen LogP contribution in [0.3, 0.4) is 0 Å². The number of phenolic OH excluding ortho intramolecular Hbond substituents is 4. The monoisotopic (exact) mass is 808 g/mol. The van der Waals surface area contributed by atoms with Crippen molar-refractivity contribution in [2.24, 2.45) is 20.0 Å². The number of phenols is 4. The van der Waals surface area contributed by atoms with E-state index in [0.717, 1.165) is 22.3 Å². The lowest BCUT2D eigenvalue weighted by molar-refractivity contribution is 0.406. The molecule has 0 radical (unpaired) electrons. The summed E-state index contributed by atoms with van der Waals surface area (Å²) in [6.45, 7) is 7.98. The van der Waals surface area contributed by atoms with Crippen LogP contribution in [-0.4, -0.2) is 73.7 Å². The Bertz CT molecular complexity index is 2240. The summed E-state index contributed by atoms with van der Waals surface area (Å²) in [6, 6.07) is 27.8.